The first-order valence-electron chi connectivity index (χ1n) is 4.91. The molecule has 4 nitrogen and oxygen atoms in total. The van der Waals surface area contributed by atoms with E-state index in [1.807, 2.05) is 12.1 Å². The van der Waals surface area contributed by atoms with E-state index in [2.05, 4.69) is 31.1 Å². The van der Waals surface area contributed by atoms with E-state index in [0.717, 1.165) is 5.69 Å². The van der Waals surface area contributed by atoms with Gasteiger partial charge in [-0.25, -0.2) is 4.98 Å². The molecule has 0 aromatic carbocycles. The molecule has 0 saturated heterocycles. The van der Waals surface area contributed by atoms with E-state index in [0.29, 0.717) is 11.6 Å². The van der Waals surface area contributed by atoms with Crippen molar-refractivity contribution in [1.82, 2.24) is 4.98 Å². The second kappa shape index (κ2) is 3.22. The summed E-state index contributed by atoms with van der Waals surface area (Å²) in [7, 11) is 0. The summed E-state index contributed by atoms with van der Waals surface area (Å²) in [6.45, 7) is 6.30. The summed E-state index contributed by atoms with van der Waals surface area (Å²) in [5.41, 5.74) is 0.907. The standard InChI is InChI=1S/C11H14N2O2/c1-11(2,3)8-5-4-7-10(12-8)13-9(14)6-15-7/h4-5H,6H2,1-3H3,(H,12,13,14). The quantitative estimate of drug-likeness (QED) is 0.703. The number of ether oxygens (including phenoxy) is 1. The van der Waals surface area contributed by atoms with E-state index in [-0.39, 0.29) is 17.9 Å². The number of nitrogens with one attached hydrogen (secondary N) is 1. The number of nitrogens with zero attached hydrogens (tertiary/aromatic N) is 1. The third kappa shape index (κ3) is 1.93. The van der Waals surface area contributed by atoms with Crippen LogP contribution in [-0.4, -0.2) is 17.5 Å². The predicted octanol–water partition coefficient (Wildman–Crippen LogP) is 1.71. The van der Waals surface area contributed by atoms with Crippen LogP contribution in [0.4, 0.5) is 5.82 Å². The number of aromatic nitrogens is 1. The van der Waals surface area contributed by atoms with Crippen molar-refractivity contribution >= 4 is 11.7 Å². The average molecular weight is 206 g/mol. The SMILES string of the molecule is CC(C)(C)c1ccc2c(n1)NC(=O)CO2. The van der Waals surface area contributed by atoms with Crippen LogP contribution in [0.15, 0.2) is 12.1 Å². The average Bonchev–Trinajstić information content (AvgIpc) is 2.15. The third-order valence-corrected chi connectivity index (χ3v) is 2.24. The van der Waals surface area contributed by atoms with Crippen LogP contribution in [0.25, 0.3) is 0 Å². The van der Waals surface area contributed by atoms with Gasteiger partial charge in [0.15, 0.2) is 18.2 Å². The molecule has 1 amide bonds. The van der Waals surface area contributed by atoms with Crippen LogP contribution in [0.2, 0.25) is 0 Å². The Morgan fingerprint density at radius 2 is 2.13 bits per heavy atom. The summed E-state index contributed by atoms with van der Waals surface area (Å²) in [6, 6.07) is 3.78. The van der Waals surface area contributed by atoms with Crippen molar-refractivity contribution in [3.63, 3.8) is 0 Å². The van der Waals surface area contributed by atoms with Gasteiger partial charge in [0.05, 0.1) is 0 Å². The highest BCUT2D eigenvalue weighted by Crippen LogP contribution is 2.29. The summed E-state index contributed by atoms with van der Waals surface area (Å²) in [5, 5.41) is 2.70. The zero-order chi connectivity index (χ0) is 11.1. The predicted molar refractivity (Wildman–Crippen MR) is 57.1 cm³/mol. The molecule has 15 heavy (non-hydrogen) atoms. The highest BCUT2D eigenvalue weighted by atomic mass is 16.5. The Morgan fingerprint density at radius 3 is 2.80 bits per heavy atom. The van der Waals surface area contributed by atoms with Gasteiger partial charge < -0.3 is 10.1 Å². The molecule has 1 aliphatic rings. The second-order valence-corrected chi connectivity index (χ2v) is 4.63. The molecule has 80 valence electrons. The molecule has 0 atom stereocenters. The number of rotatable bonds is 0. The maximum atomic E-state index is 11.1. The molecule has 1 N–H and O–H groups in total. The van der Waals surface area contributed by atoms with Crippen LogP contribution in [0.5, 0.6) is 5.75 Å². The topological polar surface area (TPSA) is 51.2 Å². The van der Waals surface area contributed by atoms with Crippen LogP contribution < -0.4 is 10.1 Å². The molecule has 2 rings (SSSR count). The normalized spacial score (nSPS) is 15.3. The highest BCUT2D eigenvalue weighted by Gasteiger charge is 2.21. The zero-order valence-corrected chi connectivity index (χ0v) is 9.13. The Hall–Kier alpha value is -1.58. The van der Waals surface area contributed by atoms with Crippen LogP contribution in [0.1, 0.15) is 26.5 Å². The van der Waals surface area contributed by atoms with E-state index >= 15 is 0 Å². The molecule has 1 aromatic heterocycles. The second-order valence-electron chi connectivity index (χ2n) is 4.63. The Balaban J connectivity index is 2.41. The zero-order valence-electron chi connectivity index (χ0n) is 9.13. The number of carbonyl (C=O) groups excluding carboxylic acids is 1. The molecular formula is C11H14N2O2. The molecule has 1 aromatic rings. The van der Waals surface area contributed by atoms with Crippen LogP contribution in [0.3, 0.4) is 0 Å². The first kappa shape index (κ1) is 9.96. The van der Waals surface area contributed by atoms with Gasteiger partial charge in [0, 0.05) is 11.1 Å². The molecule has 0 aliphatic carbocycles. The van der Waals surface area contributed by atoms with Crippen molar-refractivity contribution in [2.24, 2.45) is 0 Å². The number of pyridine rings is 1. The van der Waals surface area contributed by atoms with Crippen LogP contribution in [0, 0.1) is 0 Å². The van der Waals surface area contributed by atoms with E-state index in [1.165, 1.54) is 0 Å². The molecule has 0 unspecified atom stereocenters. The van der Waals surface area contributed by atoms with Gasteiger partial charge in [0.1, 0.15) is 0 Å². The lowest BCUT2D eigenvalue weighted by molar-refractivity contribution is -0.118. The summed E-state index contributed by atoms with van der Waals surface area (Å²) >= 11 is 0. The maximum Gasteiger partial charge on any atom is 0.263 e. The molecule has 0 spiro atoms. The summed E-state index contributed by atoms with van der Waals surface area (Å²) in [4.78, 5) is 15.5. The fourth-order valence-electron chi connectivity index (χ4n) is 1.38. The molecule has 0 radical (unpaired) electrons. The van der Waals surface area contributed by atoms with Crippen molar-refractivity contribution in [1.29, 1.82) is 0 Å². The van der Waals surface area contributed by atoms with Crippen molar-refractivity contribution in [3.8, 4) is 5.75 Å². The largest absolute Gasteiger partial charge is 0.480 e. The number of hydrogen-bond donors (Lipinski definition) is 1. The minimum Gasteiger partial charge on any atom is -0.480 e. The Labute approximate surface area is 88.7 Å². The monoisotopic (exact) mass is 206 g/mol. The lowest BCUT2D eigenvalue weighted by Gasteiger charge is -2.22. The maximum absolute atomic E-state index is 11.1. The van der Waals surface area contributed by atoms with Gasteiger partial charge in [0.25, 0.3) is 5.91 Å². The summed E-state index contributed by atoms with van der Waals surface area (Å²) < 4.78 is 5.23. The summed E-state index contributed by atoms with van der Waals surface area (Å²) in [6.07, 6.45) is 0. The first-order chi connectivity index (χ1) is 6.97. The molecule has 1 aliphatic heterocycles. The van der Waals surface area contributed by atoms with Crippen molar-refractivity contribution in [2.75, 3.05) is 11.9 Å². The van der Waals surface area contributed by atoms with Crippen molar-refractivity contribution in [2.45, 2.75) is 26.2 Å². The van der Waals surface area contributed by atoms with E-state index in [9.17, 15) is 4.79 Å². The Bertz CT molecular complexity index is 408. The van der Waals surface area contributed by atoms with Crippen molar-refractivity contribution < 1.29 is 9.53 Å². The van der Waals surface area contributed by atoms with Crippen LogP contribution >= 0.6 is 0 Å². The van der Waals surface area contributed by atoms with E-state index in [1.54, 1.807) is 0 Å². The fourth-order valence-corrected chi connectivity index (χ4v) is 1.38. The Morgan fingerprint density at radius 1 is 1.40 bits per heavy atom. The van der Waals surface area contributed by atoms with Crippen LogP contribution in [-0.2, 0) is 10.2 Å². The Kier molecular flexibility index (Phi) is 2.14. The van der Waals surface area contributed by atoms with Gasteiger partial charge in [-0.1, -0.05) is 20.8 Å². The number of hydrogen-bond acceptors (Lipinski definition) is 3. The number of carbonyl (C=O) groups is 1. The molecule has 2 heterocycles. The number of anilines is 1. The van der Waals surface area contributed by atoms with Gasteiger partial charge in [-0.15, -0.1) is 0 Å². The number of amides is 1. The molecule has 0 fully saturated rings. The van der Waals surface area contributed by atoms with E-state index in [4.69, 9.17) is 4.74 Å². The van der Waals surface area contributed by atoms with Gasteiger partial charge in [0.2, 0.25) is 0 Å². The lowest BCUT2D eigenvalue weighted by Crippen LogP contribution is -2.27. The van der Waals surface area contributed by atoms with Crippen molar-refractivity contribution in [3.05, 3.63) is 17.8 Å². The van der Waals surface area contributed by atoms with Gasteiger partial charge in [-0.05, 0) is 12.1 Å². The highest BCUT2D eigenvalue weighted by molar-refractivity contribution is 5.94. The van der Waals surface area contributed by atoms with E-state index < -0.39 is 0 Å². The minimum absolute atomic E-state index is 0.0306. The molecular weight excluding hydrogens is 192 g/mol. The number of fused-ring (bicyclic) bond motifs is 1. The molecule has 0 saturated carbocycles. The smallest absolute Gasteiger partial charge is 0.263 e. The third-order valence-electron chi connectivity index (χ3n) is 2.24. The van der Waals surface area contributed by atoms with Gasteiger partial charge in [-0.2, -0.15) is 0 Å². The molecule has 0 bridgehead atoms. The fraction of sp³-hybridized carbons (Fsp3) is 0.455. The minimum atomic E-state index is -0.152. The summed E-state index contributed by atoms with van der Waals surface area (Å²) in [5.74, 6) is 1.02. The lowest BCUT2D eigenvalue weighted by atomic mass is 9.91. The van der Waals surface area contributed by atoms with Gasteiger partial charge in [-0.3, -0.25) is 4.79 Å². The molecule has 4 heteroatoms. The van der Waals surface area contributed by atoms with Gasteiger partial charge >= 0.3 is 0 Å². The first-order valence-corrected chi connectivity index (χ1v) is 4.91.